The molecular weight excluding hydrogens is 262 g/mol. The second-order valence-corrected chi connectivity index (χ2v) is 6.74. The minimum Gasteiger partial charge on any atom is -0.391 e. The van der Waals surface area contributed by atoms with Crippen LogP contribution in [0.2, 0.25) is 0 Å². The zero-order valence-electron chi connectivity index (χ0n) is 12.8. The number of hydrogen-bond donors (Lipinski definition) is 2. The average molecular weight is 287 g/mol. The van der Waals surface area contributed by atoms with Crippen LogP contribution in [0.5, 0.6) is 0 Å². The van der Waals surface area contributed by atoms with Crippen LogP contribution in [-0.4, -0.2) is 23.2 Å². The molecule has 2 atom stereocenters. The summed E-state index contributed by atoms with van der Waals surface area (Å²) in [5.41, 5.74) is 1.98. The highest BCUT2D eigenvalue weighted by Gasteiger charge is 2.46. The van der Waals surface area contributed by atoms with E-state index in [2.05, 4.69) is 30.4 Å². The first kappa shape index (κ1) is 14.6. The lowest BCUT2D eigenvalue weighted by atomic mass is 9.63. The molecular formula is C18H25NO2. The van der Waals surface area contributed by atoms with Gasteiger partial charge in [-0.05, 0) is 38.2 Å². The lowest BCUT2D eigenvalue weighted by Crippen LogP contribution is -2.55. The van der Waals surface area contributed by atoms with E-state index in [1.807, 2.05) is 6.07 Å². The molecule has 21 heavy (non-hydrogen) atoms. The van der Waals surface area contributed by atoms with E-state index in [0.717, 1.165) is 50.5 Å². The van der Waals surface area contributed by atoms with Gasteiger partial charge in [0, 0.05) is 0 Å². The number of aryl methyl sites for hydroxylation is 1. The number of amides is 1. The van der Waals surface area contributed by atoms with Crippen LogP contribution in [0.25, 0.3) is 0 Å². The molecule has 0 radical (unpaired) electrons. The van der Waals surface area contributed by atoms with Crippen molar-refractivity contribution in [2.24, 2.45) is 0 Å². The van der Waals surface area contributed by atoms with Crippen LogP contribution in [0.15, 0.2) is 24.3 Å². The Morgan fingerprint density at radius 3 is 2.62 bits per heavy atom. The molecule has 2 fully saturated rings. The van der Waals surface area contributed by atoms with Crippen molar-refractivity contribution in [2.75, 3.05) is 0 Å². The van der Waals surface area contributed by atoms with Gasteiger partial charge in [0.15, 0.2) is 0 Å². The van der Waals surface area contributed by atoms with Crippen LogP contribution in [0.1, 0.15) is 56.1 Å². The fourth-order valence-electron chi connectivity index (χ4n) is 3.71. The van der Waals surface area contributed by atoms with E-state index in [9.17, 15) is 9.90 Å². The third-order valence-electron chi connectivity index (χ3n) is 5.26. The molecule has 0 aliphatic heterocycles. The maximum absolute atomic E-state index is 12.9. The summed E-state index contributed by atoms with van der Waals surface area (Å²) in [5, 5.41) is 13.2. The molecule has 0 aromatic heterocycles. The first-order chi connectivity index (χ1) is 10.1. The SMILES string of the molecule is Cc1cccc(C2(C(=O)N[C@H]3CCCC[C@@H]3O)CCC2)c1. The van der Waals surface area contributed by atoms with E-state index in [0.29, 0.717) is 0 Å². The van der Waals surface area contributed by atoms with Gasteiger partial charge in [-0.1, -0.05) is 49.1 Å². The molecule has 0 bridgehead atoms. The van der Waals surface area contributed by atoms with E-state index in [-0.39, 0.29) is 23.5 Å². The number of rotatable bonds is 3. The van der Waals surface area contributed by atoms with Gasteiger partial charge >= 0.3 is 0 Å². The molecule has 2 saturated carbocycles. The number of carbonyl (C=O) groups excluding carboxylic acids is 1. The standard InChI is InChI=1S/C18H25NO2/c1-13-6-4-7-14(12-13)18(10-5-11-18)17(21)19-15-8-2-3-9-16(15)20/h4,6-7,12,15-16,20H,2-3,5,8-11H2,1H3,(H,19,21)/t15-,16-/m0/s1. The van der Waals surface area contributed by atoms with Gasteiger partial charge in [-0.15, -0.1) is 0 Å². The van der Waals surface area contributed by atoms with Crippen LogP contribution < -0.4 is 5.32 Å². The summed E-state index contributed by atoms with van der Waals surface area (Å²) in [6.07, 6.45) is 6.44. The van der Waals surface area contributed by atoms with Crippen molar-refractivity contribution in [1.29, 1.82) is 0 Å². The van der Waals surface area contributed by atoms with E-state index in [1.54, 1.807) is 0 Å². The number of benzene rings is 1. The largest absolute Gasteiger partial charge is 0.391 e. The Kier molecular flexibility index (Phi) is 4.03. The van der Waals surface area contributed by atoms with Gasteiger partial charge in [0.1, 0.15) is 0 Å². The Balaban J connectivity index is 1.77. The molecule has 3 nitrogen and oxygen atoms in total. The van der Waals surface area contributed by atoms with E-state index < -0.39 is 0 Å². The zero-order chi connectivity index (χ0) is 14.9. The predicted molar refractivity (Wildman–Crippen MR) is 83.1 cm³/mol. The van der Waals surface area contributed by atoms with Gasteiger partial charge in [0.05, 0.1) is 17.6 Å². The molecule has 2 N–H and O–H groups in total. The highest BCUT2D eigenvalue weighted by Crippen LogP contribution is 2.44. The number of nitrogens with one attached hydrogen (secondary N) is 1. The van der Waals surface area contributed by atoms with Gasteiger partial charge < -0.3 is 10.4 Å². The predicted octanol–water partition coefficient (Wildman–Crippen LogP) is 2.84. The second-order valence-electron chi connectivity index (χ2n) is 6.74. The maximum Gasteiger partial charge on any atom is 0.230 e. The van der Waals surface area contributed by atoms with Gasteiger partial charge in [-0.3, -0.25) is 4.79 Å². The third kappa shape index (κ3) is 2.71. The molecule has 1 amide bonds. The summed E-state index contributed by atoms with van der Waals surface area (Å²) in [4.78, 5) is 12.9. The monoisotopic (exact) mass is 287 g/mol. The Morgan fingerprint density at radius 2 is 2.00 bits per heavy atom. The van der Waals surface area contributed by atoms with Gasteiger partial charge in [0.25, 0.3) is 0 Å². The van der Waals surface area contributed by atoms with Crippen molar-refractivity contribution in [1.82, 2.24) is 5.32 Å². The first-order valence-corrected chi connectivity index (χ1v) is 8.18. The van der Waals surface area contributed by atoms with Crippen LogP contribution in [-0.2, 0) is 10.2 Å². The molecule has 1 aromatic carbocycles. The Morgan fingerprint density at radius 1 is 1.24 bits per heavy atom. The van der Waals surface area contributed by atoms with Gasteiger partial charge in [0.2, 0.25) is 5.91 Å². The van der Waals surface area contributed by atoms with Crippen molar-refractivity contribution in [3.8, 4) is 0 Å². The molecule has 3 heteroatoms. The van der Waals surface area contributed by atoms with Gasteiger partial charge in [-0.2, -0.15) is 0 Å². The molecule has 2 aliphatic carbocycles. The average Bonchev–Trinajstić information content (AvgIpc) is 2.40. The number of hydrogen-bond acceptors (Lipinski definition) is 2. The Hall–Kier alpha value is -1.35. The quantitative estimate of drug-likeness (QED) is 0.898. The number of aliphatic hydroxyl groups is 1. The summed E-state index contributed by atoms with van der Waals surface area (Å²) >= 11 is 0. The van der Waals surface area contributed by atoms with Crippen molar-refractivity contribution >= 4 is 5.91 Å². The van der Waals surface area contributed by atoms with Crippen molar-refractivity contribution in [3.05, 3.63) is 35.4 Å². The molecule has 0 unspecified atom stereocenters. The normalized spacial score (nSPS) is 27.7. The summed E-state index contributed by atoms with van der Waals surface area (Å²) in [6, 6.07) is 8.25. The minimum atomic E-state index is -0.377. The Labute approximate surface area is 126 Å². The van der Waals surface area contributed by atoms with Crippen LogP contribution >= 0.6 is 0 Å². The zero-order valence-corrected chi connectivity index (χ0v) is 12.8. The molecule has 0 saturated heterocycles. The molecule has 114 valence electrons. The summed E-state index contributed by atoms with van der Waals surface area (Å²) in [6.45, 7) is 2.07. The van der Waals surface area contributed by atoms with Crippen molar-refractivity contribution in [2.45, 2.75) is 69.4 Å². The smallest absolute Gasteiger partial charge is 0.230 e. The highest BCUT2D eigenvalue weighted by atomic mass is 16.3. The lowest BCUT2D eigenvalue weighted by molar-refractivity contribution is -0.132. The van der Waals surface area contributed by atoms with E-state index in [4.69, 9.17) is 0 Å². The summed E-state index contributed by atoms with van der Waals surface area (Å²) in [5.74, 6) is 0.116. The van der Waals surface area contributed by atoms with Gasteiger partial charge in [-0.25, -0.2) is 0 Å². The summed E-state index contributed by atoms with van der Waals surface area (Å²) < 4.78 is 0. The molecule has 1 aromatic rings. The third-order valence-corrected chi connectivity index (χ3v) is 5.26. The molecule has 2 aliphatic rings. The number of aliphatic hydroxyl groups excluding tert-OH is 1. The van der Waals surface area contributed by atoms with Crippen molar-refractivity contribution in [3.63, 3.8) is 0 Å². The fourth-order valence-corrected chi connectivity index (χ4v) is 3.71. The minimum absolute atomic E-state index is 0.0615. The highest BCUT2D eigenvalue weighted by molar-refractivity contribution is 5.89. The lowest BCUT2D eigenvalue weighted by Gasteiger charge is -2.42. The summed E-state index contributed by atoms with van der Waals surface area (Å²) in [7, 11) is 0. The van der Waals surface area contributed by atoms with Crippen LogP contribution in [0, 0.1) is 6.92 Å². The molecule has 0 heterocycles. The van der Waals surface area contributed by atoms with Crippen molar-refractivity contribution < 1.29 is 9.90 Å². The van der Waals surface area contributed by atoms with Crippen LogP contribution in [0.4, 0.5) is 0 Å². The van der Waals surface area contributed by atoms with E-state index >= 15 is 0 Å². The second kappa shape index (κ2) is 5.80. The number of carbonyl (C=O) groups is 1. The molecule has 0 spiro atoms. The molecule has 3 rings (SSSR count). The maximum atomic E-state index is 12.9. The van der Waals surface area contributed by atoms with E-state index in [1.165, 1.54) is 5.56 Å². The topological polar surface area (TPSA) is 49.3 Å². The first-order valence-electron chi connectivity index (χ1n) is 8.18. The fraction of sp³-hybridized carbons (Fsp3) is 0.611. The van der Waals surface area contributed by atoms with Crippen LogP contribution in [0.3, 0.4) is 0 Å². The Bertz CT molecular complexity index is 522.